The molecule has 4 heterocycles. The predicted octanol–water partition coefficient (Wildman–Crippen LogP) is 2.49. The molecular formula is C20H23N5O. The molecule has 0 saturated carbocycles. The van der Waals surface area contributed by atoms with Gasteiger partial charge in [-0.2, -0.15) is 5.10 Å². The number of hydrogen-bond donors (Lipinski definition) is 0. The van der Waals surface area contributed by atoms with Crippen molar-refractivity contribution in [1.29, 1.82) is 0 Å². The van der Waals surface area contributed by atoms with Crippen LogP contribution in [0.25, 0.3) is 0 Å². The van der Waals surface area contributed by atoms with E-state index in [1.165, 1.54) is 22.3 Å². The summed E-state index contributed by atoms with van der Waals surface area (Å²) in [7, 11) is 1.96. The summed E-state index contributed by atoms with van der Waals surface area (Å²) in [4.78, 5) is 10.9. The first-order valence-corrected chi connectivity index (χ1v) is 8.89. The van der Waals surface area contributed by atoms with Crippen LogP contribution in [-0.4, -0.2) is 31.2 Å². The van der Waals surface area contributed by atoms with Crippen molar-refractivity contribution < 1.29 is 4.74 Å². The van der Waals surface area contributed by atoms with Crippen molar-refractivity contribution in [3.05, 3.63) is 77.1 Å². The Kier molecular flexibility index (Phi) is 5.04. The normalized spacial score (nSPS) is 14.3. The Bertz CT molecular complexity index is 862. The molecular weight excluding hydrogens is 326 g/mol. The van der Waals surface area contributed by atoms with Crippen molar-refractivity contribution >= 4 is 0 Å². The smallest absolute Gasteiger partial charge is 0.0739 e. The molecule has 0 bridgehead atoms. The molecule has 134 valence electrons. The summed E-state index contributed by atoms with van der Waals surface area (Å²) in [5.41, 5.74) is 6.31. The van der Waals surface area contributed by atoms with Gasteiger partial charge in [0.05, 0.1) is 19.4 Å². The summed E-state index contributed by atoms with van der Waals surface area (Å²) in [6.07, 6.45) is 12.6. The standard InChI is InChI=1S/C20H23N5O/c1-24-11-17(8-23-24)12-25-7-4-20-18(13-25)9-22-10-19(20)15-26-14-16-2-5-21-6-3-16/h2-3,5-6,8-11H,4,7,12-15H2,1H3. The highest BCUT2D eigenvalue weighted by molar-refractivity contribution is 5.33. The molecule has 26 heavy (non-hydrogen) atoms. The zero-order chi connectivity index (χ0) is 17.8. The third kappa shape index (κ3) is 3.98. The van der Waals surface area contributed by atoms with E-state index in [0.29, 0.717) is 13.2 Å². The summed E-state index contributed by atoms with van der Waals surface area (Å²) in [6.45, 7) is 4.09. The number of pyridine rings is 2. The number of fused-ring (bicyclic) bond motifs is 1. The lowest BCUT2D eigenvalue weighted by molar-refractivity contribution is 0.105. The Morgan fingerprint density at radius 1 is 1.04 bits per heavy atom. The summed E-state index contributed by atoms with van der Waals surface area (Å²) in [6, 6.07) is 3.96. The molecule has 0 atom stereocenters. The van der Waals surface area contributed by atoms with E-state index in [-0.39, 0.29) is 0 Å². The van der Waals surface area contributed by atoms with Gasteiger partial charge in [-0.15, -0.1) is 0 Å². The molecule has 3 aromatic rings. The van der Waals surface area contributed by atoms with E-state index in [1.54, 1.807) is 12.4 Å². The molecule has 0 fully saturated rings. The summed E-state index contributed by atoms with van der Waals surface area (Å²) >= 11 is 0. The maximum Gasteiger partial charge on any atom is 0.0739 e. The molecule has 0 radical (unpaired) electrons. The fraction of sp³-hybridized carbons (Fsp3) is 0.350. The van der Waals surface area contributed by atoms with E-state index >= 15 is 0 Å². The predicted molar refractivity (Wildman–Crippen MR) is 98.0 cm³/mol. The monoisotopic (exact) mass is 349 g/mol. The summed E-state index contributed by atoms with van der Waals surface area (Å²) in [5.74, 6) is 0. The lowest BCUT2D eigenvalue weighted by Gasteiger charge is -2.29. The fourth-order valence-electron chi connectivity index (χ4n) is 3.46. The first kappa shape index (κ1) is 16.9. The number of aromatic nitrogens is 4. The van der Waals surface area contributed by atoms with Crippen LogP contribution in [0, 0.1) is 0 Å². The average Bonchev–Trinajstić information content (AvgIpc) is 3.07. The second-order valence-electron chi connectivity index (χ2n) is 6.77. The lowest BCUT2D eigenvalue weighted by Crippen LogP contribution is -2.30. The largest absolute Gasteiger partial charge is 0.372 e. The highest BCUT2D eigenvalue weighted by atomic mass is 16.5. The Labute approximate surface area is 153 Å². The number of ether oxygens (including phenoxy) is 1. The second-order valence-corrected chi connectivity index (χ2v) is 6.77. The third-order valence-corrected chi connectivity index (χ3v) is 4.75. The van der Waals surface area contributed by atoms with Crippen LogP contribution in [0.2, 0.25) is 0 Å². The van der Waals surface area contributed by atoms with Gasteiger partial charge in [-0.25, -0.2) is 0 Å². The van der Waals surface area contributed by atoms with Crippen LogP contribution >= 0.6 is 0 Å². The van der Waals surface area contributed by atoms with Gasteiger partial charge in [0.1, 0.15) is 0 Å². The van der Waals surface area contributed by atoms with E-state index in [4.69, 9.17) is 4.74 Å². The summed E-state index contributed by atoms with van der Waals surface area (Å²) in [5, 5.41) is 4.26. The molecule has 1 aliphatic heterocycles. The molecule has 0 spiro atoms. The number of hydrogen-bond acceptors (Lipinski definition) is 5. The Hall–Kier alpha value is -2.57. The van der Waals surface area contributed by atoms with Gasteiger partial charge >= 0.3 is 0 Å². The molecule has 0 amide bonds. The van der Waals surface area contributed by atoms with Gasteiger partial charge in [-0.3, -0.25) is 19.5 Å². The number of aryl methyl sites for hydroxylation is 1. The molecule has 0 N–H and O–H groups in total. The molecule has 6 heteroatoms. The number of rotatable bonds is 6. The SMILES string of the molecule is Cn1cc(CN2CCc3c(COCc4ccncc4)cncc3C2)cn1. The molecule has 1 aliphatic rings. The van der Waals surface area contributed by atoms with Crippen molar-refractivity contribution in [3.63, 3.8) is 0 Å². The maximum absolute atomic E-state index is 5.90. The van der Waals surface area contributed by atoms with E-state index in [9.17, 15) is 0 Å². The van der Waals surface area contributed by atoms with Crippen molar-refractivity contribution in [3.8, 4) is 0 Å². The van der Waals surface area contributed by atoms with Gasteiger partial charge in [0.15, 0.2) is 0 Å². The molecule has 0 aliphatic carbocycles. The highest BCUT2D eigenvalue weighted by Crippen LogP contribution is 2.23. The molecule has 0 unspecified atom stereocenters. The zero-order valence-corrected chi connectivity index (χ0v) is 15.0. The van der Waals surface area contributed by atoms with Crippen LogP contribution in [0.15, 0.2) is 49.3 Å². The Morgan fingerprint density at radius 3 is 2.73 bits per heavy atom. The quantitative estimate of drug-likeness (QED) is 0.684. The first-order chi connectivity index (χ1) is 12.8. The third-order valence-electron chi connectivity index (χ3n) is 4.75. The van der Waals surface area contributed by atoms with Crippen molar-refractivity contribution in [2.24, 2.45) is 7.05 Å². The first-order valence-electron chi connectivity index (χ1n) is 8.89. The van der Waals surface area contributed by atoms with Gasteiger partial charge in [-0.1, -0.05) is 0 Å². The van der Waals surface area contributed by atoms with Gasteiger partial charge in [0.25, 0.3) is 0 Å². The van der Waals surface area contributed by atoms with Crippen molar-refractivity contribution in [2.75, 3.05) is 6.54 Å². The van der Waals surface area contributed by atoms with Gasteiger partial charge in [0.2, 0.25) is 0 Å². The van der Waals surface area contributed by atoms with E-state index in [2.05, 4.69) is 26.2 Å². The van der Waals surface area contributed by atoms with Crippen LogP contribution in [0.4, 0.5) is 0 Å². The topological polar surface area (TPSA) is 56.1 Å². The molecule has 0 aromatic carbocycles. The van der Waals surface area contributed by atoms with E-state index in [1.807, 2.05) is 42.5 Å². The van der Waals surface area contributed by atoms with Gasteiger partial charge < -0.3 is 4.74 Å². The fourth-order valence-corrected chi connectivity index (χ4v) is 3.46. The highest BCUT2D eigenvalue weighted by Gasteiger charge is 2.19. The van der Waals surface area contributed by atoms with E-state index < -0.39 is 0 Å². The van der Waals surface area contributed by atoms with Gasteiger partial charge in [-0.05, 0) is 40.8 Å². The van der Waals surface area contributed by atoms with Crippen LogP contribution < -0.4 is 0 Å². The molecule has 6 nitrogen and oxygen atoms in total. The minimum Gasteiger partial charge on any atom is -0.372 e. The van der Waals surface area contributed by atoms with Crippen molar-refractivity contribution in [2.45, 2.75) is 32.7 Å². The van der Waals surface area contributed by atoms with Crippen LogP contribution in [0.5, 0.6) is 0 Å². The minimum absolute atomic E-state index is 0.597. The molecule has 0 saturated heterocycles. The minimum atomic E-state index is 0.597. The second kappa shape index (κ2) is 7.76. The van der Waals surface area contributed by atoms with E-state index in [0.717, 1.165) is 31.6 Å². The summed E-state index contributed by atoms with van der Waals surface area (Å²) < 4.78 is 7.76. The molecule has 3 aromatic heterocycles. The number of nitrogens with zero attached hydrogens (tertiary/aromatic N) is 5. The van der Waals surface area contributed by atoms with Crippen molar-refractivity contribution in [1.82, 2.24) is 24.6 Å². The Balaban J connectivity index is 1.38. The zero-order valence-electron chi connectivity index (χ0n) is 15.0. The van der Waals surface area contributed by atoms with Crippen LogP contribution in [0.1, 0.15) is 27.8 Å². The van der Waals surface area contributed by atoms with Gasteiger partial charge in [0, 0.05) is 63.2 Å². The maximum atomic E-state index is 5.90. The Morgan fingerprint density at radius 2 is 1.92 bits per heavy atom. The van der Waals surface area contributed by atoms with Crippen LogP contribution in [-0.2, 0) is 44.5 Å². The average molecular weight is 349 g/mol. The lowest BCUT2D eigenvalue weighted by atomic mass is 9.97. The molecule has 4 rings (SSSR count). The van der Waals surface area contributed by atoms with Crippen LogP contribution in [0.3, 0.4) is 0 Å².